The van der Waals surface area contributed by atoms with Crippen molar-refractivity contribution in [3.8, 4) is 6.07 Å². The molecule has 4 rings (SSSR count). The molecule has 1 amide bonds. The van der Waals surface area contributed by atoms with Crippen molar-refractivity contribution in [2.75, 3.05) is 0 Å². The summed E-state index contributed by atoms with van der Waals surface area (Å²) < 4.78 is 1.89. The Kier molecular flexibility index (Phi) is 5.40. The molecule has 0 aliphatic carbocycles. The minimum atomic E-state index is -0.154. The summed E-state index contributed by atoms with van der Waals surface area (Å²) in [5.41, 5.74) is 4.03. The van der Waals surface area contributed by atoms with E-state index in [1.807, 2.05) is 35.9 Å². The average Bonchev–Trinajstić information content (AvgIpc) is 3.40. The average molecular weight is 398 g/mol. The molecule has 0 radical (unpaired) electrons. The fourth-order valence-electron chi connectivity index (χ4n) is 3.61. The molecule has 1 unspecified atom stereocenters. The molecule has 1 aliphatic rings. The fraction of sp³-hybridized carbons (Fsp3) is 0.261. The van der Waals surface area contributed by atoms with Crippen molar-refractivity contribution in [1.82, 2.24) is 19.8 Å². The van der Waals surface area contributed by atoms with Gasteiger partial charge in [0.1, 0.15) is 0 Å². The second-order valence-corrected chi connectivity index (χ2v) is 7.39. The quantitative estimate of drug-likeness (QED) is 0.589. The Bertz CT molecular complexity index is 1170. The normalized spacial score (nSPS) is 15.5. The molecule has 7 nitrogen and oxygen atoms in total. The lowest BCUT2D eigenvalue weighted by Gasteiger charge is -2.23. The van der Waals surface area contributed by atoms with Crippen molar-refractivity contribution in [2.24, 2.45) is 5.10 Å². The number of hydrogen-bond donors (Lipinski definition) is 0. The van der Waals surface area contributed by atoms with Gasteiger partial charge in [-0.25, -0.2) is 5.01 Å². The lowest BCUT2D eigenvalue weighted by Crippen LogP contribution is -2.28. The minimum absolute atomic E-state index is 0.133. The summed E-state index contributed by atoms with van der Waals surface area (Å²) in [5.74, 6) is -0.154. The van der Waals surface area contributed by atoms with Gasteiger partial charge in [0.05, 0.1) is 29.4 Å². The van der Waals surface area contributed by atoms with E-state index in [1.54, 1.807) is 24.7 Å². The molecule has 2 aromatic heterocycles. The van der Waals surface area contributed by atoms with Crippen LogP contribution in [0.15, 0.2) is 60.0 Å². The molecule has 150 valence electrons. The summed E-state index contributed by atoms with van der Waals surface area (Å²) in [6.07, 6.45) is 7.29. The van der Waals surface area contributed by atoms with Crippen LogP contribution >= 0.6 is 0 Å². The molecule has 0 fully saturated rings. The van der Waals surface area contributed by atoms with Gasteiger partial charge in [-0.2, -0.15) is 15.5 Å². The molecule has 0 N–H and O–H groups in total. The number of nitrogens with zero attached hydrogens (tertiary/aromatic N) is 6. The second kappa shape index (κ2) is 8.29. The van der Waals surface area contributed by atoms with E-state index >= 15 is 0 Å². The van der Waals surface area contributed by atoms with Crippen LogP contribution < -0.4 is 0 Å². The Balaban J connectivity index is 1.37. The highest BCUT2D eigenvalue weighted by Gasteiger charge is 2.29. The highest BCUT2D eigenvalue weighted by Crippen LogP contribution is 2.29. The third kappa shape index (κ3) is 3.85. The maximum absolute atomic E-state index is 12.9. The van der Waals surface area contributed by atoms with E-state index in [0.29, 0.717) is 30.5 Å². The monoisotopic (exact) mass is 398 g/mol. The third-order valence-electron chi connectivity index (χ3n) is 5.28. The van der Waals surface area contributed by atoms with E-state index < -0.39 is 0 Å². The van der Waals surface area contributed by atoms with Crippen LogP contribution in [-0.4, -0.2) is 31.9 Å². The zero-order chi connectivity index (χ0) is 21.1. The zero-order valence-corrected chi connectivity index (χ0v) is 16.8. The smallest absolute Gasteiger partial charge is 0.268 e. The third-order valence-corrected chi connectivity index (χ3v) is 5.28. The van der Waals surface area contributed by atoms with Crippen molar-refractivity contribution in [2.45, 2.75) is 38.8 Å². The van der Waals surface area contributed by atoms with Crippen LogP contribution in [-0.2, 0) is 11.3 Å². The number of benzene rings is 1. The van der Waals surface area contributed by atoms with Crippen molar-refractivity contribution >= 4 is 23.0 Å². The summed E-state index contributed by atoms with van der Waals surface area (Å²) in [6, 6.07) is 11.5. The van der Waals surface area contributed by atoms with Crippen LogP contribution in [0, 0.1) is 18.3 Å². The number of hydrogen-bond acceptors (Lipinski definition) is 5. The van der Waals surface area contributed by atoms with Gasteiger partial charge < -0.3 is 0 Å². The molecule has 1 aliphatic heterocycles. The molecule has 1 aromatic carbocycles. The first-order chi connectivity index (χ1) is 14.6. The number of fused-ring (bicyclic) bond motifs is 1. The van der Waals surface area contributed by atoms with Crippen molar-refractivity contribution < 1.29 is 4.79 Å². The molecule has 3 aromatic rings. The molecule has 1 atom stereocenters. The zero-order valence-electron chi connectivity index (χ0n) is 16.8. The molecule has 0 saturated carbocycles. The van der Waals surface area contributed by atoms with Crippen LogP contribution in [0.2, 0.25) is 0 Å². The van der Waals surface area contributed by atoms with Gasteiger partial charge in [-0.05, 0) is 49.6 Å². The minimum Gasteiger partial charge on any atom is -0.268 e. The standard InChI is InChI=1S/C23H22N6O/c1-16(4-3-11-28-21-8-6-18(13-24)12-20(21)15-27-28)23(30)29-22(9-10-26-29)19-7-5-17(2)25-14-19/h5-8,10,12,14-15,22H,1,3-4,9,11H2,2H3. The summed E-state index contributed by atoms with van der Waals surface area (Å²) in [4.78, 5) is 17.2. The number of hydrazone groups is 1. The van der Waals surface area contributed by atoms with Crippen LogP contribution in [0.4, 0.5) is 0 Å². The summed E-state index contributed by atoms with van der Waals surface area (Å²) in [5, 5.41) is 20.1. The van der Waals surface area contributed by atoms with Crippen molar-refractivity contribution in [3.63, 3.8) is 0 Å². The highest BCUT2D eigenvalue weighted by molar-refractivity contribution is 5.94. The molecule has 0 saturated heterocycles. The van der Waals surface area contributed by atoms with E-state index in [0.717, 1.165) is 28.6 Å². The second-order valence-electron chi connectivity index (χ2n) is 7.39. The van der Waals surface area contributed by atoms with E-state index in [2.05, 4.69) is 27.8 Å². The predicted octanol–water partition coefficient (Wildman–Crippen LogP) is 3.91. The van der Waals surface area contributed by atoms with Gasteiger partial charge in [-0.15, -0.1) is 0 Å². The first-order valence-corrected chi connectivity index (χ1v) is 9.89. The molecule has 30 heavy (non-hydrogen) atoms. The largest absolute Gasteiger partial charge is 0.269 e. The maximum Gasteiger partial charge on any atom is 0.269 e. The number of rotatable bonds is 6. The topological polar surface area (TPSA) is 87.2 Å². The van der Waals surface area contributed by atoms with Crippen molar-refractivity contribution in [3.05, 3.63) is 71.7 Å². The molecular weight excluding hydrogens is 376 g/mol. The predicted molar refractivity (Wildman–Crippen MR) is 114 cm³/mol. The van der Waals surface area contributed by atoms with Gasteiger partial charge in [-0.1, -0.05) is 12.6 Å². The van der Waals surface area contributed by atoms with Crippen LogP contribution in [0.5, 0.6) is 0 Å². The van der Waals surface area contributed by atoms with Crippen LogP contribution in [0.1, 0.15) is 42.1 Å². The van der Waals surface area contributed by atoms with E-state index in [1.165, 1.54) is 5.01 Å². The fourth-order valence-corrected chi connectivity index (χ4v) is 3.61. The number of nitriles is 1. The molecule has 0 spiro atoms. The lowest BCUT2D eigenvalue weighted by molar-refractivity contribution is -0.129. The first-order valence-electron chi connectivity index (χ1n) is 9.89. The van der Waals surface area contributed by atoms with Gasteiger partial charge in [0, 0.05) is 42.0 Å². The Labute approximate surface area is 174 Å². The molecule has 0 bridgehead atoms. The van der Waals surface area contributed by atoms with Crippen molar-refractivity contribution in [1.29, 1.82) is 5.26 Å². The molecule has 3 heterocycles. The van der Waals surface area contributed by atoms with E-state index in [4.69, 9.17) is 5.26 Å². The number of carbonyl (C=O) groups excluding carboxylic acids is 1. The number of aryl methyl sites for hydroxylation is 2. The Hall–Kier alpha value is -3.79. The van der Waals surface area contributed by atoms with Crippen LogP contribution in [0.25, 0.3) is 10.9 Å². The number of aromatic nitrogens is 3. The summed E-state index contributed by atoms with van der Waals surface area (Å²) >= 11 is 0. The van der Waals surface area contributed by atoms with Gasteiger partial charge in [0.2, 0.25) is 0 Å². The van der Waals surface area contributed by atoms with Crippen LogP contribution in [0.3, 0.4) is 0 Å². The first kappa shape index (κ1) is 19.5. The summed E-state index contributed by atoms with van der Waals surface area (Å²) in [7, 11) is 0. The molecular formula is C23H22N6O. The van der Waals surface area contributed by atoms with Gasteiger partial charge in [0.15, 0.2) is 0 Å². The van der Waals surface area contributed by atoms with E-state index in [9.17, 15) is 4.79 Å². The summed E-state index contributed by atoms with van der Waals surface area (Å²) in [6.45, 7) is 6.60. The number of carbonyl (C=O) groups is 1. The van der Waals surface area contributed by atoms with Gasteiger partial charge >= 0.3 is 0 Å². The molecule has 7 heteroatoms. The highest BCUT2D eigenvalue weighted by atomic mass is 16.2. The lowest BCUT2D eigenvalue weighted by atomic mass is 10.0. The SMILES string of the molecule is C=C(CCCn1ncc2cc(C#N)ccc21)C(=O)N1N=CCC1c1ccc(C)nc1. The van der Waals surface area contributed by atoms with Gasteiger partial charge in [-0.3, -0.25) is 14.5 Å². The Morgan fingerprint density at radius 3 is 2.93 bits per heavy atom. The van der Waals surface area contributed by atoms with Gasteiger partial charge in [0.25, 0.3) is 5.91 Å². The Morgan fingerprint density at radius 1 is 1.30 bits per heavy atom. The Morgan fingerprint density at radius 2 is 2.17 bits per heavy atom. The maximum atomic E-state index is 12.9. The number of amides is 1. The number of pyridine rings is 1. The van der Waals surface area contributed by atoms with E-state index in [-0.39, 0.29) is 11.9 Å².